The van der Waals surface area contributed by atoms with E-state index >= 15 is 0 Å². The molecular weight excluding hydrogens is 264 g/mol. The van der Waals surface area contributed by atoms with Crippen molar-refractivity contribution in [2.45, 2.75) is 6.17 Å². The van der Waals surface area contributed by atoms with Gasteiger partial charge >= 0.3 is 23.1 Å². The quantitative estimate of drug-likeness (QED) is 0.368. The first-order chi connectivity index (χ1) is 6.13. The van der Waals surface area contributed by atoms with E-state index in [-0.39, 0.29) is 40.0 Å². The van der Waals surface area contributed by atoms with Gasteiger partial charge in [-0.05, 0) is 28.2 Å². The molecule has 4 heteroatoms. The molecule has 0 aromatic heterocycles. The van der Waals surface area contributed by atoms with Gasteiger partial charge in [0.2, 0.25) is 0 Å². The summed E-state index contributed by atoms with van der Waals surface area (Å²) < 4.78 is 0. The van der Waals surface area contributed by atoms with Crippen molar-refractivity contribution >= 4 is 23.1 Å². The molecule has 0 saturated carbocycles. The van der Waals surface area contributed by atoms with Gasteiger partial charge in [0.15, 0.2) is 0 Å². The maximum Gasteiger partial charge on any atom is 2.00 e. The smallest absolute Gasteiger partial charge is 1.00 e. The van der Waals surface area contributed by atoms with Crippen LogP contribution in [0.4, 0.5) is 0 Å². The number of rotatable bonds is 3. The monoisotopic (exact) mass is 280 g/mol. The number of hydrogen-bond donors (Lipinski definition) is 0. The molecule has 0 saturated heterocycles. The predicted molar refractivity (Wildman–Crippen MR) is 61.1 cm³/mol. The summed E-state index contributed by atoms with van der Waals surface area (Å²) in [6, 6.07) is 11.1. The zero-order valence-corrected chi connectivity index (χ0v) is 12.9. The number of benzene rings is 1. The van der Waals surface area contributed by atoms with E-state index in [0.29, 0.717) is 6.17 Å². The fourth-order valence-electron chi connectivity index (χ4n) is 1.63. The Kier molecular flexibility index (Phi) is 10.1. The van der Waals surface area contributed by atoms with Gasteiger partial charge in [-0.25, -0.2) is 0 Å². The van der Waals surface area contributed by atoms with Gasteiger partial charge in [-0.3, -0.25) is 9.80 Å². The summed E-state index contributed by atoms with van der Waals surface area (Å²) in [7, 11) is 8.34. The van der Waals surface area contributed by atoms with Gasteiger partial charge in [-0.1, -0.05) is 0 Å². The largest absolute Gasteiger partial charge is 2.00 e. The molecule has 0 fully saturated rings. The van der Waals surface area contributed by atoms with E-state index in [1.54, 1.807) is 0 Å². The average molecular weight is 281 g/mol. The molecule has 0 aliphatic heterocycles. The Balaban J connectivity index is 0. The van der Waals surface area contributed by atoms with Crippen molar-refractivity contribution in [1.29, 1.82) is 0 Å². The molecule has 0 aliphatic carbocycles. The Labute approximate surface area is 120 Å². The van der Waals surface area contributed by atoms with Crippen LogP contribution in [0.3, 0.4) is 0 Å². The topological polar surface area (TPSA) is 6.48 Å². The normalized spacial score (nSPS) is 10.1. The minimum atomic E-state index is 0. The van der Waals surface area contributed by atoms with Gasteiger partial charge in [0.05, 0.1) is 6.17 Å². The van der Waals surface area contributed by atoms with E-state index < -0.39 is 0 Å². The molecule has 80 valence electrons. The van der Waals surface area contributed by atoms with Crippen molar-refractivity contribution in [3.8, 4) is 0 Å². The van der Waals surface area contributed by atoms with Gasteiger partial charge in [-0.2, -0.15) is 30.3 Å². The second-order valence-electron chi connectivity index (χ2n) is 3.63. The molecule has 1 rings (SSSR count). The SMILES string of the molecule is CN(C)C(c1cc[c-]cc1)N(C)C.[Br-].[Mg+2]. The predicted octanol–water partition coefficient (Wildman–Crippen LogP) is -1.77. The third-order valence-electron chi connectivity index (χ3n) is 2.02. The summed E-state index contributed by atoms with van der Waals surface area (Å²) in [6.45, 7) is 0. The van der Waals surface area contributed by atoms with Crippen molar-refractivity contribution in [3.05, 3.63) is 35.9 Å². The van der Waals surface area contributed by atoms with Crippen LogP contribution in [0, 0.1) is 6.07 Å². The third-order valence-corrected chi connectivity index (χ3v) is 2.02. The van der Waals surface area contributed by atoms with E-state index in [9.17, 15) is 0 Å². The summed E-state index contributed by atoms with van der Waals surface area (Å²) in [6.07, 6.45) is 0.342. The maximum absolute atomic E-state index is 3.03. The maximum atomic E-state index is 3.03. The Morgan fingerprint density at radius 1 is 1.00 bits per heavy atom. The van der Waals surface area contributed by atoms with Gasteiger partial charge in [-0.15, -0.1) is 5.56 Å². The molecule has 0 unspecified atom stereocenters. The first-order valence-corrected chi connectivity index (χ1v) is 4.42. The van der Waals surface area contributed by atoms with Gasteiger partial charge in [0, 0.05) is 0 Å². The molecule has 0 amide bonds. The summed E-state index contributed by atoms with van der Waals surface area (Å²) >= 11 is 0. The second kappa shape index (κ2) is 8.53. The molecule has 0 aliphatic rings. The standard InChI is InChI=1S/C11H17N2.BrH.Mg/c1-12(2)11(13(3)4)10-8-6-5-7-9-10;;/h6-9,11H,1-4H3;1H;/q-1;;+2/p-1. The second-order valence-corrected chi connectivity index (χ2v) is 3.63. The number of nitrogens with zero attached hydrogens (tertiary/aromatic N) is 2. The van der Waals surface area contributed by atoms with Crippen LogP contribution < -0.4 is 17.0 Å². The summed E-state index contributed by atoms with van der Waals surface area (Å²) in [5.74, 6) is 0. The van der Waals surface area contributed by atoms with Crippen molar-refractivity contribution in [3.63, 3.8) is 0 Å². The molecule has 0 radical (unpaired) electrons. The molecule has 1 aromatic rings. The Morgan fingerprint density at radius 2 is 1.40 bits per heavy atom. The Hall–Kier alpha value is 0.386. The van der Waals surface area contributed by atoms with Crippen LogP contribution in [0.1, 0.15) is 11.7 Å². The van der Waals surface area contributed by atoms with Crippen LogP contribution in [0.15, 0.2) is 24.3 Å². The first kappa shape index (κ1) is 17.8. The fourth-order valence-corrected chi connectivity index (χ4v) is 1.63. The number of halogens is 1. The molecular formula is C11H17BrMgN2. The van der Waals surface area contributed by atoms with E-state index in [1.165, 1.54) is 5.56 Å². The fraction of sp³-hybridized carbons (Fsp3) is 0.455. The zero-order valence-electron chi connectivity index (χ0n) is 9.87. The molecule has 15 heavy (non-hydrogen) atoms. The molecule has 2 nitrogen and oxygen atoms in total. The van der Waals surface area contributed by atoms with E-state index in [0.717, 1.165) is 0 Å². The molecule has 1 aromatic carbocycles. The Morgan fingerprint density at radius 3 is 1.73 bits per heavy atom. The molecule has 0 atom stereocenters. The van der Waals surface area contributed by atoms with Crippen LogP contribution in [0.5, 0.6) is 0 Å². The first-order valence-electron chi connectivity index (χ1n) is 4.42. The van der Waals surface area contributed by atoms with Crippen molar-refractivity contribution < 1.29 is 17.0 Å². The van der Waals surface area contributed by atoms with Crippen LogP contribution >= 0.6 is 0 Å². The van der Waals surface area contributed by atoms with Gasteiger partial charge < -0.3 is 17.0 Å². The minimum absolute atomic E-state index is 0. The third kappa shape index (κ3) is 5.31. The van der Waals surface area contributed by atoms with Gasteiger partial charge in [0.1, 0.15) is 0 Å². The van der Waals surface area contributed by atoms with Crippen LogP contribution in [-0.4, -0.2) is 61.0 Å². The van der Waals surface area contributed by atoms with Crippen molar-refractivity contribution in [2.75, 3.05) is 28.2 Å². The summed E-state index contributed by atoms with van der Waals surface area (Å²) in [5.41, 5.74) is 1.30. The average Bonchev–Trinajstić information content (AvgIpc) is 2.04. The summed E-state index contributed by atoms with van der Waals surface area (Å²) in [5, 5.41) is 0. The Bertz CT molecular complexity index is 244. The molecule has 0 N–H and O–H groups in total. The van der Waals surface area contributed by atoms with Gasteiger partial charge in [0.25, 0.3) is 0 Å². The van der Waals surface area contributed by atoms with Crippen LogP contribution in [-0.2, 0) is 0 Å². The van der Waals surface area contributed by atoms with E-state index in [4.69, 9.17) is 0 Å². The zero-order chi connectivity index (χ0) is 9.84. The molecule has 0 bridgehead atoms. The summed E-state index contributed by atoms with van der Waals surface area (Å²) in [4.78, 5) is 4.38. The van der Waals surface area contributed by atoms with E-state index in [2.05, 4.69) is 56.2 Å². The van der Waals surface area contributed by atoms with Crippen molar-refractivity contribution in [1.82, 2.24) is 9.80 Å². The molecule has 0 heterocycles. The minimum Gasteiger partial charge on any atom is -1.00 e. The number of hydrogen-bond acceptors (Lipinski definition) is 2. The van der Waals surface area contributed by atoms with Crippen molar-refractivity contribution in [2.24, 2.45) is 0 Å². The van der Waals surface area contributed by atoms with E-state index in [1.807, 2.05) is 12.1 Å². The molecule has 0 spiro atoms. The van der Waals surface area contributed by atoms with Crippen LogP contribution in [0.25, 0.3) is 0 Å². The van der Waals surface area contributed by atoms with Crippen LogP contribution in [0.2, 0.25) is 0 Å².